The molecule has 2 rings (SSSR count). The van der Waals surface area contributed by atoms with Crippen molar-refractivity contribution in [2.45, 2.75) is 12.5 Å². The van der Waals surface area contributed by atoms with Crippen LogP contribution in [0.5, 0.6) is 0 Å². The summed E-state index contributed by atoms with van der Waals surface area (Å²) in [6.45, 7) is 0. The number of rotatable bonds is 3. The van der Waals surface area contributed by atoms with Gasteiger partial charge in [-0.15, -0.1) is 0 Å². The van der Waals surface area contributed by atoms with Crippen LogP contribution in [0.1, 0.15) is 6.42 Å². The van der Waals surface area contributed by atoms with Gasteiger partial charge >= 0.3 is 17.9 Å². The van der Waals surface area contributed by atoms with E-state index in [0.29, 0.717) is 0 Å². The first-order valence-corrected chi connectivity index (χ1v) is 5.62. The molecule has 0 aromatic rings. The highest BCUT2D eigenvalue weighted by Crippen LogP contribution is 2.40. The molecule has 1 aliphatic heterocycles. The van der Waals surface area contributed by atoms with Gasteiger partial charge in [0.05, 0.1) is 20.6 Å². The summed E-state index contributed by atoms with van der Waals surface area (Å²) >= 11 is 0. The molecule has 0 aromatic heterocycles. The lowest BCUT2D eigenvalue weighted by Crippen LogP contribution is -2.36. The van der Waals surface area contributed by atoms with E-state index in [1.54, 1.807) is 12.2 Å². The van der Waals surface area contributed by atoms with Crippen LogP contribution in [0.25, 0.3) is 0 Å². The highest BCUT2D eigenvalue weighted by Gasteiger charge is 2.49. The van der Waals surface area contributed by atoms with Crippen molar-refractivity contribution < 1.29 is 28.6 Å². The van der Waals surface area contributed by atoms with Gasteiger partial charge in [-0.1, -0.05) is 6.08 Å². The van der Waals surface area contributed by atoms with Crippen molar-refractivity contribution in [3.05, 3.63) is 12.2 Å². The molecule has 0 amide bonds. The van der Waals surface area contributed by atoms with Crippen LogP contribution >= 0.6 is 0 Å². The van der Waals surface area contributed by atoms with Crippen LogP contribution in [0.2, 0.25) is 0 Å². The molecule has 0 radical (unpaired) electrons. The molecule has 3 atom stereocenters. The molecule has 0 aromatic carbocycles. The first-order chi connectivity index (χ1) is 8.58. The van der Waals surface area contributed by atoms with Gasteiger partial charge in [-0.25, -0.2) is 0 Å². The quantitative estimate of drug-likeness (QED) is 0.307. The molecular weight excluding hydrogens is 240 g/mol. The van der Waals surface area contributed by atoms with Crippen LogP contribution in [0.4, 0.5) is 0 Å². The van der Waals surface area contributed by atoms with Gasteiger partial charge in [0.2, 0.25) is 0 Å². The van der Waals surface area contributed by atoms with Crippen molar-refractivity contribution in [2.24, 2.45) is 17.8 Å². The summed E-state index contributed by atoms with van der Waals surface area (Å²) in [4.78, 5) is 34.6. The SMILES string of the molecule is COC(=O)C(C(=O)OC)[C@H]1C=C[C@@H]2OC(=O)C[C@@H]21. The fourth-order valence-corrected chi connectivity index (χ4v) is 2.54. The summed E-state index contributed by atoms with van der Waals surface area (Å²) in [6.07, 6.45) is 3.28. The Balaban J connectivity index is 2.22. The summed E-state index contributed by atoms with van der Waals surface area (Å²) < 4.78 is 14.3. The molecule has 1 heterocycles. The number of esters is 3. The highest BCUT2D eigenvalue weighted by molar-refractivity contribution is 5.95. The molecule has 2 aliphatic rings. The lowest BCUT2D eigenvalue weighted by Gasteiger charge is -2.22. The molecule has 0 unspecified atom stereocenters. The van der Waals surface area contributed by atoms with E-state index in [-0.39, 0.29) is 24.4 Å². The Hall–Kier alpha value is -1.85. The van der Waals surface area contributed by atoms with Crippen molar-refractivity contribution in [1.29, 1.82) is 0 Å². The summed E-state index contributed by atoms with van der Waals surface area (Å²) in [5.41, 5.74) is 0. The van der Waals surface area contributed by atoms with Gasteiger partial charge in [-0.05, 0) is 6.08 Å². The third kappa shape index (κ3) is 1.98. The summed E-state index contributed by atoms with van der Waals surface area (Å²) in [5.74, 6) is -3.27. The zero-order chi connectivity index (χ0) is 13.3. The molecule has 0 spiro atoms. The zero-order valence-corrected chi connectivity index (χ0v) is 10.1. The van der Waals surface area contributed by atoms with E-state index in [1.807, 2.05) is 0 Å². The molecule has 1 fully saturated rings. The average molecular weight is 254 g/mol. The van der Waals surface area contributed by atoms with Crippen LogP contribution in [-0.2, 0) is 28.6 Å². The second-order valence-corrected chi connectivity index (χ2v) is 4.31. The lowest BCUT2D eigenvalue weighted by molar-refractivity contribution is -0.161. The predicted octanol–water partition coefficient (Wildman–Crippen LogP) is 0.0663. The smallest absolute Gasteiger partial charge is 0.320 e. The number of ether oxygens (including phenoxy) is 3. The zero-order valence-electron chi connectivity index (χ0n) is 10.1. The van der Waals surface area contributed by atoms with Gasteiger partial charge in [-0.2, -0.15) is 0 Å². The molecule has 1 aliphatic carbocycles. The Kier molecular flexibility index (Phi) is 3.36. The van der Waals surface area contributed by atoms with Crippen molar-refractivity contribution in [3.63, 3.8) is 0 Å². The minimum absolute atomic E-state index is 0.194. The van der Waals surface area contributed by atoms with Crippen LogP contribution in [0, 0.1) is 17.8 Å². The second-order valence-electron chi connectivity index (χ2n) is 4.31. The maximum absolute atomic E-state index is 11.7. The van der Waals surface area contributed by atoms with Crippen molar-refractivity contribution in [3.8, 4) is 0 Å². The maximum Gasteiger partial charge on any atom is 0.320 e. The van der Waals surface area contributed by atoms with Crippen LogP contribution < -0.4 is 0 Å². The predicted molar refractivity (Wildman–Crippen MR) is 58.1 cm³/mol. The van der Waals surface area contributed by atoms with E-state index >= 15 is 0 Å². The minimum Gasteiger partial charge on any atom is -0.468 e. The first kappa shape index (κ1) is 12.6. The second kappa shape index (κ2) is 4.80. The van der Waals surface area contributed by atoms with Crippen molar-refractivity contribution in [1.82, 2.24) is 0 Å². The number of methoxy groups -OCH3 is 2. The number of hydrogen-bond acceptors (Lipinski definition) is 6. The van der Waals surface area contributed by atoms with E-state index in [0.717, 1.165) is 0 Å². The first-order valence-electron chi connectivity index (χ1n) is 5.62. The highest BCUT2D eigenvalue weighted by atomic mass is 16.6. The standard InChI is InChI=1S/C12H14O6/c1-16-11(14)10(12(15)17-2)6-3-4-8-7(6)5-9(13)18-8/h3-4,6-8,10H,5H2,1-2H3/t6-,7+,8-/m0/s1. The maximum atomic E-state index is 11.7. The Morgan fingerprint density at radius 2 is 1.89 bits per heavy atom. The van der Waals surface area contributed by atoms with Gasteiger partial charge in [0.25, 0.3) is 0 Å². The number of carbonyl (C=O) groups excluding carboxylic acids is 3. The molecular formula is C12H14O6. The number of carbonyl (C=O) groups is 3. The van der Waals surface area contributed by atoms with Crippen molar-refractivity contribution in [2.75, 3.05) is 14.2 Å². The van der Waals surface area contributed by atoms with E-state index in [1.165, 1.54) is 14.2 Å². The third-order valence-electron chi connectivity index (χ3n) is 3.40. The molecule has 1 saturated heterocycles. The Labute approximate surface area is 104 Å². The van der Waals surface area contributed by atoms with E-state index in [9.17, 15) is 14.4 Å². The van der Waals surface area contributed by atoms with E-state index in [4.69, 9.17) is 4.74 Å². The van der Waals surface area contributed by atoms with Crippen molar-refractivity contribution >= 4 is 17.9 Å². The summed E-state index contributed by atoms with van der Waals surface area (Å²) in [5, 5.41) is 0. The van der Waals surface area contributed by atoms with Crippen LogP contribution in [-0.4, -0.2) is 38.2 Å². The largest absolute Gasteiger partial charge is 0.468 e. The number of fused-ring (bicyclic) bond motifs is 1. The molecule has 0 N–H and O–H groups in total. The van der Waals surface area contributed by atoms with E-state index in [2.05, 4.69) is 9.47 Å². The summed E-state index contributed by atoms with van der Waals surface area (Å²) in [7, 11) is 2.43. The van der Waals surface area contributed by atoms with Gasteiger partial charge in [-0.3, -0.25) is 14.4 Å². The Morgan fingerprint density at radius 3 is 2.44 bits per heavy atom. The van der Waals surface area contributed by atoms with Gasteiger partial charge < -0.3 is 14.2 Å². The Bertz CT molecular complexity index is 397. The monoisotopic (exact) mass is 254 g/mol. The van der Waals surface area contributed by atoms with Gasteiger partial charge in [0.15, 0.2) is 5.92 Å². The molecule has 0 bridgehead atoms. The summed E-state index contributed by atoms with van der Waals surface area (Å²) in [6, 6.07) is 0. The normalized spacial score (nSPS) is 29.1. The molecule has 0 saturated carbocycles. The van der Waals surface area contributed by atoms with Crippen LogP contribution in [0.15, 0.2) is 12.2 Å². The average Bonchev–Trinajstić information content (AvgIpc) is 2.89. The fourth-order valence-electron chi connectivity index (χ4n) is 2.54. The van der Waals surface area contributed by atoms with E-state index < -0.39 is 23.8 Å². The molecule has 98 valence electrons. The molecule has 18 heavy (non-hydrogen) atoms. The fraction of sp³-hybridized carbons (Fsp3) is 0.583. The Morgan fingerprint density at radius 1 is 1.28 bits per heavy atom. The third-order valence-corrected chi connectivity index (χ3v) is 3.40. The minimum atomic E-state index is -1.04. The number of allylic oxidation sites excluding steroid dienone is 1. The van der Waals surface area contributed by atoms with Gasteiger partial charge in [0, 0.05) is 11.8 Å². The van der Waals surface area contributed by atoms with Crippen LogP contribution in [0.3, 0.4) is 0 Å². The topological polar surface area (TPSA) is 78.9 Å². The van der Waals surface area contributed by atoms with Gasteiger partial charge in [0.1, 0.15) is 6.10 Å². The number of hydrogen-bond donors (Lipinski definition) is 0. The molecule has 6 nitrogen and oxygen atoms in total. The lowest BCUT2D eigenvalue weighted by atomic mass is 9.82. The molecule has 6 heteroatoms.